The third kappa shape index (κ3) is 2.28. The number of pyridine rings is 1. The van der Waals surface area contributed by atoms with Crippen LogP contribution < -0.4 is 5.32 Å². The Morgan fingerprint density at radius 3 is 3.11 bits per heavy atom. The molecule has 1 aromatic heterocycles. The van der Waals surface area contributed by atoms with E-state index in [9.17, 15) is 0 Å². The van der Waals surface area contributed by atoms with Crippen molar-refractivity contribution in [2.75, 3.05) is 18.5 Å². The van der Waals surface area contributed by atoms with Gasteiger partial charge in [-0.1, -0.05) is 11.6 Å². The van der Waals surface area contributed by atoms with E-state index in [0.717, 1.165) is 47.7 Å². The fourth-order valence-corrected chi connectivity index (χ4v) is 2.54. The molecule has 1 saturated heterocycles. The van der Waals surface area contributed by atoms with E-state index in [-0.39, 0.29) is 0 Å². The summed E-state index contributed by atoms with van der Waals surface area (Å²) in [5.74, 6) is 0. The van der Waals surface area contributed by atoms with E-state index in [1.54, 1.807) is 6.20 Å². The molecule has 4 heteroatoms. The Morgan fingerprint density at radius 2 is 2.28 bits per heavy atom. The van der Waals surface area contributed by atoms with Crippen molar-refractivity contribution in [2.45, 2.75) is 18.9 Å². The monoisotopic (exact) mass is 262 g/mol. The summed E-state index contributed by atoms with van der Waals surface area (Å²) in [7, 11) is 0. The second-order valence-electron chi connectivity index (χ2n) is 4.55. The predicted octanol–water partition coefficient (Wildman–Crippen LogP) is 3.48. The number of halogens is 1. The maximum absolute atomic E-state index is 6.18. The number of hydrogen-bond acceptors (Lipinski definition) is 3. The van der Waals surface area contributed by atoms with Gasteiger partial charge in [-0.3, -0.25) is 4.98 Å². The molecule has 1 atom stereocenters. The van der Waals surface area contributed by atoms with Gasteiger partial charge in [-0.2, -0.15) is 0 Å². The maximum Gasteiger partial charge on any atom is 0.0948 e. The van der Waals surface area contributed by atoms with Crippen molar-refractivity contribution in [1.29, 1.82) is 0 Å². The normalized spacial score (nSPS) is 19.9. The number of rotatable bonds is 2. The number of anilines is 1. The zero-order valence-corrected chi connectivity index (χ0v) is 10.8. The summed E-state index contributed by atoms with van der Waals surface area (Å²) in [6.07, 6.45) is 4.04. The molecule has 18 heavy (non-hydrogen) atoms. The van der Waals surface area contributed by atoms with Crippen molar-refractivity contribution < 1.29 is 4.74 Å². The summed E-state index contributed by atoms with van der Waals surface area (Å²) in [6, 6.07) is 8.17. The Labute approximate surface area is 111 Å². The first-order valence-corrected chi connectivity index (χ1v) is 6.60. The van der Waals surface area contributed by atoms with Crippen LogP contribution in [-0.2, 0) is 4.74 Å². The van der Waals surface area contributed by atoms with Crippen LogP contribution in [-0.4, -0.2) is 24.2 Å². The highest BCUT2D eigenvalue weighted by atomic mass is 35.5. The van der Waals surface area contributed by atoms with Crippen LogP contribution in [0.25, 0.3) is 10.9 Å². The average Bonchev–Trinajstić information content (AvgIpc) is 2.44. The van der Waals surface area contributed by atoms with Crippen LogP contribution in [0.1, 0.15) is 12.8 Å². The Kier molecular flexibility index (Phi) is 3.35. The molecule has 0 bridgehead atoms. The Hall–Kier alpha value is -1.32. The number of nitrogens with zero attached hydrogens (tertiary/aromatic N) is 1. The SMILES string of the molecule is Clc1ccc(NC2CCCOC2)c2ncccc12. The zero-order chi connectivity index (χ0) is 12.4. The van der Waals surface area contributed by atoms with E-state index >= 15 is 0 Å². The molecule has 0 spiro atoms. The molecule has 0 amide bonds. The summed E-state index contributed by atoms with van der Waals surface area (Å²) < 4.78 is 5.48. The molecule has 1 unspecified atom stereocenters. The van der Waals surface area contributed by atoms with Crippen LogP contribution in [0.3, 0.4) is 0 Å². The van der Waals surface area contributed by atoms with E-state index in [4.69, 9.17) is 16.3 Å². The number of hydrogen-bond donors (Lipinski definition) is 1. The lowest BCUT2D eigenvalue weighted by atomic mass is 10.1. The van der Waals surface area contributed by atoms with Gasteiger partial charge in [0.25, 0.3) is 0 Å². The van der Waals surface area contributed by atoms with E-state index in [0.29, 0.717) is 6.04 Å². The number of benzene rings is 1. The molecular weight excluding hydrogens is 248 g/mol. The summed E-state index contributed by atoms with van der Waals surface area (Å²) in [5, 5.41) is 5.23. The molecule has 0 aliphatic carbocycles. The Balaban J connectivity index is 1.94. The molecule has 94 valence electrons. The first kappa shape index (κ1) is 11.8. The quantitative estimate of drug-likeness (QED) is 0.900. The van der Waals surface area contributed by atoms with Crippen LogP contribution in [0.2, 0.25) is 5.02 Å². The minimum atomic E-state index is 0.366. The molecule has 3 rings (SSSR count). The summed E-state index contributed by atoms with van der Waals surface area (Å²) in [5.41, 5.74) is 1.96. The van der Waals surface area contributed by atoms with Crippen LogP contribution in [0.4, 0.5) is 5.69 Å². The van der Waals surface area contributed by atoms with Crippen LogP contribution in [0.15, 0.2) is 30.5 Å². The number of fused-ring (bicyclic) bond motifs is 1. The first-order valence-electron chi connectivity index (χ1n) is 6.22. The topological polar surface area (TPSA) is 34.1 Å². The van der Waals surface area contributed by atoms with Gasteiger partial charge in [0.1, 0.15) is 0 Å². The molecule has 1 aromatic carbocycles. The van der Waals surface area contributed by atoms with E-state index in [2.05, 4.69) is 10.3 Å². The second-order valence-corrected chi connectivity index (χ2v) is 4.96. The smallest absolute Gasteiger partial charge is 0.0948 e. The van der Waals surface area contributed by atoms with Gasteiger partial charge in [0.05, 0.1) is 22.8 Å². The highest BCUT2D eigenvalue weighted by Crippen LogP contribution is 2.29. The van der Waals surface area contributed by atoms with Crippen molar-refractivity contribution >= 4 is 28.2 Å². The number of ether oxygens (including phenoxy) is 1. The molecular formula is C14H15ClN2O. The molecule has 1 fully saturated rings. The van der Waals surface area contributed by atoms with E-state index in [1.807, 2.05) is 24.3 Å². The Bertz CT molecular complexity index is 552. The summed E-state index contributed by atoms with van der Waals surface area (Å²) in [6.45, 7) is 1.63. The van der Waals surface area contributed by atoms with Crippen LogP contribution >= 0.6 is 11.6 Å². The lowest BCUT2D eigenvalue weighted by Gasteiger charge is -2.24. The molecule has 2 aromatic rings. The van der Waals surface area contributed by atoms with Gasteiger partial charge in [-0.25, -0.2) is 0 Å². The lowest BCUT2D eigenvalue weighted by molar-refractivity contribution is 0.0876. The Morgan fingerprint density at radius 1 is 1.33 bits per heavy atom. The molecule has 0 radical (unpaired) electrons. The lowest BCUT2D eigenvalue weighted by Crippen LogP contribution is -2.30. The van der Waals surface area contributed by atoms with Crippen LogP contribution in [0.5, 0.6) is 0 Å². The van der Waals surface area contributed by atoms with Gasteiger partial charge in [0, 0.05) is 24.2 Å². The van der Waals surface area contributed by atoms with Crippen molar-refractivity contribution in [3.8, 4) is 0 Å². The minimum Gasteiger partial charge on any atom is -0.379 e. The fourth-order valence-electron chi connectivity index (χ4n) is 2.33. The first-order chi connectivity index (χ1) is 8.84. The van der Waals surface area contributed by atoms with Crippen molar-refractivity contribution in [3.05, 3.63) is 35.5 Å². The van der Waals surface area contributed by atoms with E-state index < -0.39 is 0 Å². The molecule has 1 aliphatic heterocycles. The van der Waals surface area contributed by atoms with Gasteiger partial charge in [-0.15, -0.1) is 0 Å². The van der Waals surface area contributed by atoms with Gasteiger partial charge >= 0.3 is 0 Å². The predicted molar refractivity (Wildman–Crippen MR) is 74.2 cm³/mol. The van der Waals surface area contributed by atoms with Crippen molar-refractivity contribution in [3.63, 3.8) is 0 Å². The molecule has 1 N–H and O–H groups in total. The second kappa shape index (κ2) is 5.12. The summed E-state index contributed by atoms with van der Waals surface area (Å²) >= 11 is 6.18. The molecule has 1 aliphatic rings. The number of nitrogens with one attached hydrogen (secondary N) is 1. The highest BCUT2D eigenvalue weighted by molar-refractivity contribution is 6.35. The fraction of sp³-hybridized carbons (Fsp3) is 0.357. The molecule has 0 saturated carbocycles. The van der Waals surface area contributed by atoms with Crippen LogP contribution in [0, 0.1) is 0 Å². The largest absolute Gasteiger partial charge is 0.379 e. The summed E-state index contributed by atoms with van der Waals surface area (Å²) in [4.78, 5) is 4.42. The van der Waals surface area contributed by atoms with E-state index in [1.165, 1.54) is 0 Å². The third-order valence-electron chi connectivity index (χ3n) is 3.24. The third-order valence-corrected chi connectivity index (χ3v) is 3.57. The van der Waals surface area contributed by atoms with Gasteiger partial charge < -0.3 is 10.1 Å². The molecule has 2 heterocycles. The average molecular weight is 263 g/mol. The van der Waals surface area contributed by atoms with Crippen molar-refractivity contribution in [1.82, 2.24) is 4.98 Å². The standard InChI is InChI=1S/C14H15ClN2O/c15-12-5-6-13(14-11(12)4-1-7-16-14)17-10-3-2-8-18-9-10/h1,4-7,10,17H,2-3,8-9H2. The van der Waals surface area contributed by atoms with Crippen molar-refractivity contribution in [2.24, 2.45) is 0 Å². The van der Waals surface area contributed by atoms with Gasteiger partial charge in [0.15, 0.2) is 0 Å². The minimum absolute atomic E-state index is 0.366. The van der Waals surface area contributed by atoms with Gasteiger partial charge in [0.2, 0.25) is 0 Å². The zero-order valence-electron chi connectivity index (χ0n) is 10.0. The highest BCUT2D eigenvalue weighted by Gasteiger charge is 2.15. The van der Waals surface area contributed by atoms with Gasteiger partial charge in [-0.05, 0) is 37.1 Å². The molecule has 3 nitrogen and oxygen atoms in total. The maximum atomic E-state index is 6.18. The number of aromatic nitrogens is 1.